The first-order valence-electron chi connectivity index (χ1n) is 6.23. The zero-order valence-corrected chi connectivity index (χ0v) is 11.5. The van der Waals surface area contributed by atoms with E-state index >= 15 is 0 Å². The van der Waals surface area contributed by atoms with Crippen LogP contribution in [0.2, 0.25) is 5.02 Å². The largest absolute Gasteiger partial charge is 0.392 e. The normalized spacial score (nSPS) is 12.4. The Morgan fingerprint density at radius 3 is 2.53 bits per heavy atom. The fourth-order valence-electron chi connectivity index (χ4n) is 2.10. The maximum atomic E-state index is 13.2. The van der Waals surface area contributed by atoms with Crippen LogP contribution in [0, 0.1) is 12.7 Å². The summed E-state index contributed by atoms with van der Waals surface area (Å²) < 4.78 is 13.2. The van der Waals surface area contributed by atoms with Crippen LogP contribution in [0.5, 0.6) is 0 Å². The lowest BCUT2D eigenvalue weighted by atomic mass is 9.98. The van der Waals surface area contributed by atoms with Gasteiger partial charge in [0.05, 0.1) is 6.10 Å². The fraction of sp³-hybridized carbons (Fsp3) is 0.250. The second kappa shape index (κ2) is 6.18. The summed E-state index contributed by atoms with van der Waals surface area (Å²) in [7, 11) is 0. The maximum Gasteiger partial charge on any atom is 0.123 e. The van der Waals surface area contributed by atoms with Crippen molar-refractivity contribution < 1.29 is 9.50 Å². The molecule has 0 saturated carbocycles. The Morgan fingerprint density at radius 2 is 1.79 bits per heavy atom. The van der Waals surface area contributed by atoms with E-state index < -0.39 is 6.10 Å². The van der Waals surface area contributed by atoms with Gasteiger partial charge in [0.1, 0.15) is 5.82 Å². The van der Waals surface area contributed by atoms with Gasteiger partial charge < -0.3 is 5.11 Å². The van der Waals surface area contributed by atoms with Crippen molar-refractivity contribution in [1.29, 1.82) is 0 Å². The molecule has 19 heavy (non-hydrogen) atoms. The van der Waals surface area contributed by atoms with Gasteiger partial charge >= 0.3 is 0 Å². The molecule has 2 aromatic rings. The number of aryl methyl sites for hydroxylation is 1. The molecule has 0 aliphatic carbocycles. The minimum atomic E-state index is -0.569. The van der Waals surface area contributed by atoms with Crippen molar-refractivity contribution in [3.8, 4) is 0 Å². The van der Waals surface area contributed by atoms with Crippen LogP contribution in [0.1, 0.15) is 16.7 Å². The standard InChI is InChI=1S/C16H16ClFO/c1-11-6-7-14(18)8-13(11)10-15(19)9-12-4-2-3-5-16(12)17/h2-8,15,19H,9-10H2,1H3. The van der Waals surface area contributed by atoms with E-state index in [2.05, 4.69) is 0 Å². The Bertz CT molecular complexity index is 568. The molecule has 0 bridgehead atoms. The van der Waals surface area contributed by atoms with Gasteiger partial charge in [-0.15, -0.1) is 0 Å². The molecule has 2 rings (SSSR count). The van der Waals surface area contributed by atoms with E-state index in [1.807, 2.05) is 25.1 Å². The molecule has 3 heteroatoms. The van der Waals surface area contributed by atoms with Gasteiger partial charge in [0.15, 0.2) is 0 Å². The summed E-state index contributed by atoms with van der Waals surface area (Å²) in [5.74, 6) is -0.273. The quantitative estimate of drug-likeness (QED) is 0.898. The van der Waals surface area contributed by atoms with Crippen molar-refractivity contribution in [2.24, 2.45) is 0 Å². The molecule has 0 spiro atoms. The molecule has 0 amide bonds. The highest BCUT2D eigenvalue weighted by atomic mass is 35.5. The molecule has 100 valence electrons. The van der Waals surface area contributed by atoms with Gasteiger partial charge in [-0.2, -0.15) is 0 Å². The van der Waals surface area contributed by atoms with Crippen LogP contribution >= 0.6 is 11.6 Å². The van der Waals surface area contributed by atoms with Crippen molar-refractivity contribution in [2.45, 2.75) is 25.9 Å². The third-order valence-corrected chi connectivity index (χ3v) is 3.55. The van der Waals surface area contributed by atoms with Crippen LogP contribution in [0.15, 0.2) is 42.5 Å². The molecule has 0 fully saturated rings. The van der Waals surface area contributed by atoms with Crippen LogP contribution in [0.3, 0.4) is 0 Å². The molecule has 0 saturated heterocycles. The van der Waals surface area contributed by atoms with Crippen molar-refractivity contribution in [2.75, 3.05) is 0 Å². The highest BCUT2D eigenvalue weighted by Gasteiger charge is 2.11. The number of rotatable bonds is 4. The first-order valence-corrected chi connectivity index (χ1v) is 6.60. The smallest absolute Gasteiger partial charge is 0.123 e. The van der Waals surface area contributed by atoms with E-state index in [0.29, 0.717) is 17.9 Å². The van der Waals surface area contributed by atoms with Crippen LogP contribution in [0.25, 0.3) is 0 Å². The Balaban J connectivity index is 2.07. The molecule has 0 aromatic heterocycles. The summed E-state index contributed by atoms with van der Waals surface area (Å²) >= 11 is 6.06. The Morgan fingerprint density at radius 1 is 1.11 bits per heavy atom. The number of hydrogen-bond donors (Lipinski definition) is 1. The average Bonchev–Trinajstić information content (AvgIpc) is 2.37. The minimum Gasteiger partial charge on any atom is -0.392 e. The monoisotopic (exact) mass is 278 g/mol. The molecule has 2 aromatic carbocycles. The van der Waals surface area contributed by atoms with Crippen molar-refractivity contribution >= 4 is 11.6 Å². The SMILES string of the molecule is Cc1ccc(F)cc1CC(O)Cc1ccccc1Cl. The van der Waals surface area contributed by atoms with E-state index in [1.165, 1.54) is 12.1 Å². The topological polar surface area (TPSA) is 20.2 Å². The summed E-state index contributed by atoms with van der Waals surface area (Å²) in [5, 5.41) is 10.8. The Labute approximate surface area is 117 Å². The molecule has 1 nitrogen and oxygen atoms in total. The summed E-state index contributed by atoms with van der Waals surface area (Å²) in [5.41, 5.74) is 2.73. The third kappa shape index (κ3) is 3.79. The lowest BCUT2D eigenvalue weighted by Gasteiger charge is -2.13. The van der Waals surface area contributed by atoms with E-state index in [0.717, 1.165) is 16.7 Å². The fourth-order valence-corrected chi connectivity index (χ4v) is 2.32. The van der Waals surface area contributed by atoms with E-state index in [1.54, 1.807) is 12.1 Å². The lowest BCUT2D eigenvalue weighted by Crippen LogP contribution is -2.15. The van der Waals surface area contributed by atoms with Gasteiger partial charge in [0, 0.05) is 11.4 Å². The molecule has 1 N–H and O–H groups in total. The van der Waals surface area contributed by atoms with Gasteiger partial charge in [-0.25, -0.2) is 4.39 Å². The number of aliphatic hydroxyl groups is 1. The zero-order valence-electron chi connectivity index (χ0n) is 10.7. The summed E-state index contributed by atoms with van der Waals surface area (Å²) in [6.07, 6.45) is 0.324. The maximum absolute atomic E-state index is 13.2. The van der Waals surface area contributed by atoms with Gasteiger partial charge in [-0.3, -0.25) is 0 Å². The van der Waals surface area contributed by atoms with Crippen molar-refractivity contribution in [3.63, 3.8) is 0 Å². The second-order valence-corrected chi connectivity index (χ2v) is 5.13. The zero-order chi connectivity index (χ0) is 13.8. The number of benzene rings is 2. The molecular formula is C16H16ClFO. The molecule has 1 atom stereocenters. The number of hydrogen-bond acceptors (Lipinski definition) is 1. The minimum absolute atomic E-state index is 0.273. The first kappa shape index (κ1) is 14.0. The molecule has 1 unspecified atom stereocenters. The second-order valence-electron chi connectivity index (χ2n) is 4.72. The first-order chi connectivity index (χ1) is 9.06. The van der Waals surface area contributed by atoms with E-state index in [9.17, 15) is 9.50 Å². The molecule has 0 radical (unpaired) electrons. The predicted molar refractivity (Wildman–Crippen MR) is 76.0 cm³/mol. The lowest BCUT2D eigenvalue weighted by molar-refractivity contribution is 0.175. The van der Waals surface area contributed by atoms with Gasteiger partial charge in [0.25, 0.3) is 0 Å². The van der Waals surface area contributed by atoms with Crippen LogP contribution in [-0.2, 0) is 12.8 Å². The molecule has 0 aliphatic rings. The van der Waals surface area contributed by atoms with Crippen LogP contribution in [0.4, 0.5) is 4.39 Å². The summed E-state index contributed by atoms with van der Waals surface area (Å²) in [6.45, 7) is 1.91. The van der Waals surface area contributed by atoms with E-state index in [-0.39, 0.29) is 5.82 Å². The van der Waals surface area contributed by atoms with Crippen LogP contribution < -0.4 is 0 Å². The highest BCUT2D eigenvalue weighted by Crippen LogP contribution is 2.19. The molecular weight excluding hydrogens is 263 g/mol. The highest BCUT2D eigenvalue weighted by molar-refractivity contribution is 6.31. The molecule has 0 heterocycles. The van der Waals surface area contributed by atoms with Crippen LogP contribution in [-0.4, -0.2) is 11.2 Å². The number of aliphatic hydroxyl groups excluding tert-OH is 1. The van der Waals surface area contributed by atoms with E-state index in [4.69, 9.17) is 11.6 Å². The van der Waals surface area contributed by atoms with Crippen molar-refractivity contribution in [3.05, 3.63) is 70.0 Å². The third-order valence-electron chi connectivity index (χ3n) is 3.18. The molecule has 0 aliphatic heterocycles. The van der Waals surface area contributed by atoms with Gasteiger partial charge in [-0.1, -0.05) is 35.9 Å². The van der Waals surface area contributed by atoms with Crippen molar-refractivity contribution in [1.82, 2.24) is 0 Å². The van der Waals surface area contributed by atoms with Gasteiger partial charge in [-0.05, 0) is 48.2 Å². The number of halogens is 2. The van der Waals surface area contributed by atoms with Gasteiger partial charge in [0.2, 0.25) is 0 Å². The summed E-state index contributed by atoms with van der Waals surface area (Å²) in [6, 6.07) is 12.1. The Hall–Kier alpha value is -1.38. The average molecular weight is 279 g/mol. The summed E-state index contributed by atoms with van der Waals surface area (Å²) in [4.78, 5) is 0. The predicted octanol–water partition coefficient (Wildman–Crippen LogP) is 3.93. The Kier molecular flexibility index (Phi) is 4.56.